The molecule has 1 spiro atoms. The first-order chi connectivity index (χ1) is 9.03. The smallest absolute Gasteiger partial charge is 0.168 e. The topological polar surface area (TPSA) is 38.7 Å². The number of aliphatic hydroxyl groups is 1. The third kappa shape index (κ3) is 2.57. The van der Waals surface area contributed by atoms with E-state index >= 15 is 0 Å². The van der Waals surface area contributed by atoms with E-state index in [1.54, 1.807) is 0 Å². The molecule has 3 fully saturated rings. The van der Waals surface area contributed by atoms with Crippen LogP contribution in [0.25, 0.3) is 0 Å². The molecule has 2 aliphatic carbocycles. The van der Waals surface area contributed by atoms with Crippen molar-refractivity contribution in [3.05, 3.63) is 0 Å². The minimum absolute atomic E-state index is 0.347. The fraction of sp³-hybridized carbons (Fsp3) is 1.00. The molecule has 0 aromatic rings. The first-order valence-electron chi connectivity index (χ1n) is 8.03. The zero-order valence-corrected chi connectivity index (χ0v) is 12.4. The Hall–Kier alpha value is -0.120. The van der Waals surface area contributed by atoms with Gasteiger partial charge in [-0.1, -0.05) is 20.3 Å². The Bertz CT molecular complexity index is 312. The van der Waals surface area contributed by atoms with Gasteiger partial charge in [0.25, 0.3) is 0 Å². The summed E-state index contributed by atoms with van der Waals surface area (Å²) in [7, 11) is 0. The fourth-order valence-electron chi connectivity index (χ4n) is 4.29. The Morgan fingerprint density at radius 3 is 2.11 bits per heavy atom. The predicted octanol–water partition coefficient (Wildman–Crippen LogP) is 3.11. The normalized spacial score (nSPS) is 41.5. The third-order valence-electron chi connectivity index (χ3n) is 6.05. The van der Waals surface area contributed by atoms with Gasteiger partial charge in [-0.3, -0.25) is 0 Å². The van der Waals surface area contributed by atoms with Crippen LogP contribution in [0.5, 0.6) is 0 Å². The Morgan fingerprint density at radius 1 is 0.895 bits per heavy atom. The molecular weight excluding hydrogens is 240 g/mol. The molecule has 3 unspecified atom stereocenters. The summed E-state index contributed by atoms with van der Waals surface area (Å²) < 4.78 is 11.5. The van der Waals surface area contributed by atoms with Crippen LogP contribution >= 0.6 is 0 Å². The van der Waals surface area contributed by atoms with Crippen molar-refractivity contribution in [1.29, 1.82) is 0 Å². The van der Waals surface area contributed by atoms with Gasteiger partial charge in [-0.2, -0.15) is 0 Å². The molecule has 0 bridgehead atoms. The zero-order valence-electron chi connectivity index (χ0n) is 12.4. The number of hydrogen-bond acceptors (Lipinski definition) is 3. The Balaban J connectivity index is 1.62. The van der Waals surface area contributed by atoms with Gasteiger partial charge in [0.1, 0.15) is 0 Å². The van der Waals surface area contributed by atoms with E-state index in [1.165, 1.54) is 19.3 Å². The van der Waals surface area contributed by atoms with Crippen LogP contribution in [0.4, 0.5) is 0 Å². The van der Waals surface area contributed by atoms with E-state index in [0.29, 0.717) is 5.92 Å². The van der Waals surface area contributed by atoms with Crippen LogP contribution in [0.3, 0.4) is 0 Å². The molecule has 1 saturated heterocycles. The molecule has 0 aromatic heterocycles. The summed E-state index contributed by atoms with van der Waals surface area (Å²) >= 11 is 0. The van der Waals surface area contributed by atoms with Crippen molar-refractivity contribution in [1.82, 2.24) is 0 Å². The number of rotatable bonds is 1. The minimum atomic E-state index is -0.463. The molecule has 0 aromatic carbocycles. The molecule has 3 nitrogen and oxygen atoms in total. The van der Waals surface area contributed by atoms with Gasteiger partial charge < -0.3 is 14.6 Å². The molecule has 0 amide bonds. The summed E-state index contributed by atoms with van der Waals surface area (Å²) in [6.45, 7) is 6.13. The second kappa shape index (κ2) is 5.01. The lowest BCUT2D eigenvalue weighted by Crippen LogP contribution is -2.49. The Morgan fingerprint density at radius 2 is 1.53 bits per heavy atom. The maximum Gasteiger partial charge on any atom is 0.168 e. The third-order valence-corrected chi connectivity index (χ3v) is 6.05. The van der Waals surface area contributed by atoms with Crippen molar-refractivity contribution >= 4 is 0 Å². The highest BCUT2D eigenvalue weighted by atomic mass is 16.7. The van der Waals surface area contributed by atoms with Gasteiger partial charge >= 0.3 is 0 Å². The lowest BCUT2D eigenvalue weighted by atomic mass is 9.64. The van der Waals surface area contributed by atoms with Crippen molar-refractivity contribution in [3.8, 4) is 0 Å². The summed E-state index contributed by atoms with van der Waals surface area (Å²) in [6, 6.07) is 0. The lowest BCUT2D eigenvalue weighted by molar-refractivity contribution is -0.213. The molecule has 1 N–H and O–H groups in total. The fourth-order valence-corrected chi connectivity index (χ4v) is 4.29. The largest absolute Gasteiger partial charge is 0.390 e. The molecule has 1 aliphatic heterocycles. The van der Waals surface area contributed by atoms with Crippen LogP contribution in [0.2, 0.25) is 0 Å². The second-order valence-electron chi connectivity index (χ2n) is 7.18. The molecular formula is C16H28O3. The highest BCUT2D eigenvalue weighted by molar-refractivity contribution is 4.97. The van der Waals surface area contributed by atoms with Gasteiger partial charge in [-0.05, 0) is 43.4 Å². The molecule has 19 heavy (non-hydrogen) atoms. The van der Waals surface area contributed by atoms with E-state index in [-0.39, 0.29) is 5.79 Å². The maximum absolute atomic E-state index is 11.0. The van der Waals surface area contributed by atoms with Crippen LogP contribution < -0.4 is 0 Å². The van der Waals surface area contributed by atoms with Gasteiger partial charge in [0, 0.05) is 12.8 Å². The molecule has 3 heteroatoms. The number of ether oxygens (including phenoxy) is 2. The van der Waals surface area contributed by atoms with Crippen molar-refractivity contribution in [2.24, 2.45) is 17.8 Å². The Kier molecular flexibility index (Phi) is 3.65. The predicted molar refractivity (Wildman–Crippen MR) is 73.7 cm³/mol. The number of hydrogen-bond donors (Lipinski definition) is 1. The monoisotopic (exact) mass is 268 g/mol. The lowest BCUT2D eigenvalue weighted by Gasteiger charge is -2.47. The van der Waals surface area contributed by atoms with Crippen LogP contribution in [0, 0.1) is 17.8 Å². The van der Waals surface area contributed by atoms with E-state index in [1.807, 2.05) is 0 Å². The summed E-state index contributed by atoms with van der Waals surface area (Å²) in [5.41, 5.74) is -0.463. The molecule has 110 valence electrons. The van der Waals surface area contributed by atoms with Gasteiger partial charge in [0.05, 0.1) is 18.8 Å². The molecule has 1 heterocycles. The zero-order chi connectivity index (χ0) is 13.5. The van der Waals surface area contributed by atoms with Crippen LogP contribution in [-0.2, 0) is 9.47 Å². The standard InChI is InChI=1S/C16H28O3/c1-12-3-4-14(11-13(12)2)15(17)5-7-16(8-6-15)18-9-10-19-16/h12-14,17H,3-11H2,1-2H3. The van der Waals surface area contributed by atoms with Crippen molar-refractivity contribution < 1.29 is 14.6 Å². The van der Waals surface area contributed by atoms with E-state index < -0.39 is 5.60 Å². The van der Waals surface area contributed by atoms with E-state index in [9.17, 15) is 5.11 Å². The van der Waals surface area contributed by atoms with Crippen LogP contribution in [-0.4, -0.2) is 29.7 Å². The highest BCUT2D eigenvalue weighted by Crippen LogP contribution is 2.48. The van der Waals surface area contributed by atoms with Gasteiger partial charge in [-0.15, -0.1) is 0 Å². The molecule has 2 saturated carbocycles. The summed E-state index contributed by atoms with van der Waals surface area (Å²) in [5.74, 6) is 1.70. The first kappa shape index (κ1) is 13.8. The van der Waals surface area contributed by atoms with E-state index in [0.717, 1.165) is 50.7 Å². The van der Waals surface area contributed by atoms with Gasteiger partial charge in [0.15, 0.2) is 5.79 Å². The molecule has 0 radical (unpaired) electrons. The van der Waals surface area contributed by atoms with E-state index in [2.05, 4.69) is 13.8 Å². The molecule has 3 aliphatic rings. The first-order valence-corrected chi connectivity index (χ1v) is 8.03. The Labute approximate surface area is 116 Å². The van der Waals surface area contributed by atoms with Crippen molar-refractivity contribution in [2.45, 2.75) is 70.2 Å². The van der Waals surface area contributed by atoms with Gasteiger partial charge in [0.2, 0.25) is 0 Å². The minimum Gasteiger partial charge on any atom is -0.390 e. The second-order valence-corrected chi connectivity index (χ2v) is 7.18. The maximum atomic E-state index is 11.0. The summed E-state index contributed by atoms with van der Waals surface area (Å²) in [6.07, 6.45) is 7.07. The highest BCUT2D eigenvalue weighted by Gasteiger charge is 2.49. The SMILES string of the molecule is CC1CCC(C2(O)CCC3(CC2)OCCO3)CC1C. The van der Waals surface area contributed by atoms with Crippen LogP contribution in [0.1, 0.15) is 58.8 Å². The van der Waals surface area contributed by atoms with Crippen LogP contribution in [0.15, 0.2) is 0 Å². The van der Waals surface area contributed by atoms with E-state index in [4.69, 9.17) is 9.47 Å². The average molecular weight is 268 g/mol. The quantitative estimate of drug-likeness (QED) is 0.794. The van der Waals surface area contributed by atoms with Gasteiger partial charge in [-0.25, -0.2) is 0 Å². The van der Waals surface area contributed by atoms with Crippen molar-refractivity contribution in [3.63, 3.8) is 0 Å². The molecule has 3 atom stereocenters. The summed E-state index contributed by atoms with van der Waals surface area (Å²) in [4.78, 5) is 0. The average Bonchev–Trinajstić information content (AvgIpc) is 2.86. The van der Waals surface area contributed by atoms with Crippen molar-refractivity contribution in [2.75, 3.05) is 13.2 Å². The molecule has 3 rings (SSSR count). The summed E-state index contributed by atoms with van der Waals surface area (Å²) in [5, 5.41) is 11.0.